The van der Waals surface area contributed by atoms with Gasteiger partial charge < -0.3 is 9.72 Å². The minimum Gasteiger partial charge on any atom is -0.495 e. The van der Waals surface area contributed by atoms with E-state index in [0.717, 1.165) is 0 Å². The van der Waals surface area contributed by atoms with Crippen molar-refractivity contribution in [2.24, 2.45) is 0 Å². The molecule has 3 rings (SSSR count). The van der Waals surface area contributed by atoms with Gasteiger partial charge in [0.2, 0.25) is 0 Å². The van der Waals surface area contributed by atoms with E-state index in [2.05, 4.69) is 9.97 Å². The van der Waals surface area contributed by atoms with E-state index in [9.17, 15) is 9.18 Å². The fourth-order valence-electron chi connectivity index (χ4n) is 2.06. The summed E-state index contributed by atoms with van der Waals surface area (Å²) in [5.74, 6) is 0.604. The number of aromatic nitrogens is 2. The molecule has 2 aromatic carbocycles. The van der Waals surface area contributed by atoms with Crippen molar-refractivity contribution in [3.8, 4) is 17.1 Å². The Bertz CT molecular complexity index is 825. The smallest absolute Gasteiger partial charge is 0.281 e. The van der Waals surface area contributed by atoms with Crippen molar-refractivity contribution >= 4 is 10.9 Å². The molecule has 20 heavy (non-hydrogen) atoms. The molecule has 0 aliphatic rings. The summed E-state index contributed by atoms with van der Waals surface area (Å²) < 4.78 is 18.2. The zero-order valence-electron chi connectivity index (χ0n) is 10.7. The van der Waals surface area contributed by atoms with Gasteiger partial charge >= 0.3 is 0 Å². The van der Waals surface area contributed by atoms with E-state index in [1.807, 2.05) is 0 Å². The van der Waals surface area contributed by atoms with Gasteiger partial charge in [0, 0.05) is 5.56 Å². The van der Waals surface area contributed by atoms with Crippen molar-refractivity contribution in [1.82, 2.24) is 9.97 Å². The highest BCUT2D eigenvalue weighted by Gasteiger charge is 2.09. The molecule has 0 bridgehead atoms. The van der Waals surface area contributed by atoms with Gasteiger partial charge in [-0.15, -0.1) is 0 Å². The number of methoxy groups -OCH3 is 1. The average molecular weight is 270 g/mol. The molecular formula is C15H11FN2O2. The highest BCUT2D eigenvalue weighted by molar-refractivity contribution is 5.85. The Balaban J connectivity index is 2.28. The number of benzene rings is 2. The van der Waals surface area contributed by atoms with Crippen molar-refractivity contribution < 1.29 is 9.13 Å². The SMILES string of the molecule is COc1cccc2c(=O)nc(-c3ccc(F)cc3)[nH]c12. The van der Waals surface area contributed by atoms with Crippen LogP contribution in [0.15, 0.2) is 47.3 Å². The number of ether oxygens (including phenoxy) is 1. The zero-order valence-corrected chi connectivity index (χ0v) is 10.7. The van der Waals surface area contributed by atoms with Crippen LogP contribution in [0.2, 0.25) is 0 Å². The molecule has 0 saturated carbocycles. The molecular weight excluding hydrogens is 259 g/mol. The van der Waals surface area contributed by atoms with Gasteiger partial charge in [-0.3, -0.25) is 4.79 Å². The number of nitrogens with one attached hydrogen (secondary N) is 1. The molecule has 0 saturated heterocycles. The van der Waals surface area contributed by atoms with Gasteiger partial charge in [-0.05, 0) is 36.4 Å². The molecule has 3 aromatic rings. The number of H-pyrrole nitrogens is 1. The first-order valence-corrected chi connectivity index (χ1v) is 6.02. The van der Waals surface area contributed by atoms with Gasteiger partial charge in [-0.25, -0.2) is 4.39 Å². The van der Waals surface area contributed by atoms with Crippen molar-refractivity contribution in [3.63, 3.8) is 0 Å². The van der Waals surface area contributed by atoms with E-state index in [1.165, 1.54) is 19.2 Å². The lowest BCUT2D eigenvalue weighted by molar-refractivity contribution is 0.419. The molecule has 1 N–H and O–H groups in total. The third-order valence-corrected chi connectivity index (χ3v) is 3.05. The molecule has 1 heterocycles. The van der Waals surface area contributed by atoms with Crippen LogP contribution in [0.25, 0.3) is 22.3 Å². The Morgan fingerprint density at radius 2 is 1.90 bits per heavy atom. The number of fused-ring (bicyclic) bond motifs is 1. The molecule has 4 nitrogen and oxygen atoms in total. The van der Waals surface area contributed by atoms with Gasteiger partial charge in [-0.1, -0.05) is 6.07 Å². The van der Waals surface area contributed by atoms with E-state index < -0.39 is 0 Å². The second kappa shape index (κ2) is 4.77. The second-order valence-corrected chi connectivity index (χ2v) is 4.28. The number of hydrogen-bond acceptors (Lipinski definition) is 3. The molecule has 1 aromatic heterocycles. The molecule has 0 aliphatic heterocycles. The Labute approximate surface area is 113 Å². The van der Waals surface area contributed by atoms with Gasteiger partial charge in [0.1, 0.15) is 17.4 Å². The first-order valence-electron chi connectivity index (χ1n) is 6.02. The van der Waals surface area contributed by atoms with Crippen LogP contribution in [0.4, 0.5) is 4.39 Å². The van der Waals surface area contributed by atoms with Crippen molar-refractivity contribution in [1.29, 1.82) is 0 Å². The average Bonchev–Trinajstić information content (AvgIpc) is 2.47. The van der Waals surface area contributed by atoms with Crippen molar-refractivity contribution in [2.75, 3.05) is 7.11 Å². The fraction of sp³-hybridized carbons (Fsp3) is 0.0667. The minimum absolute atomic E-state index is 0.338. The van der Waals surface area contributed by atoms with E-state index in [0.29, 0.717) is 28.0 Å². The fourth-order valence-corrected chi connectivity index (χ4v) is 2.06. The first kappa shape index (κ1) is 12.3. The van der Waals surface area contributed by atoms with E-state index >= 15 is 0 Å². The Morgan fingerprint density at radius 1 is 1.15 bits per heavy atom. The monoisotopic (exact) mass is 270 g/mol. The Hall–Kier alpha value is -2.69. The molecule has 0 aliphatic carbocycles. The van der Waals surface area contributed by atoms with Gasteiger partial charge in [0.25, 0.3) is 5.56 Å². The van der Waals surface area contributed by atoms with Crippen LogP contribution >= 0.6 is 0 Å². The highest BCUT2D eigenvalue weighted by Crippen LogP contribution is 2.23. The molecule has 0 fully saturated rings. The van der Waals surface area contributed by atoms with Crippen LogP contribution in [0.5, 0.6) is 5.75 Å². The van der Waals surface area contributed by atoms with Gasteiger partial charge in [0.15, 0.2) is 0 Å². The lowest BCUT2D eigenvalue weighted by Crippen LogP contribution is -2.10. The molecule has 0 radical (unpaired) electrons. The third kappa shape index (κ3) is 2.03. The summed E-state index contributed by atoms with van der Waals surface area (Å²) in [4.78, 5) is 19.1. The van der Waals surface area contributed by atoms with Crippen LogP contribution < -0.4 is 10.3 Å². The Kier molecular flexibility index (Phi) is 2.95. The summed E-state index contributed by atoms with van der Waals surface area (Å²) in [5, 5.41) is 0.454. The van der Waals surface area contributed by atoms with Crippen molar-refractivity contribution in [2.45, 2.75) is 0 Å². The lowest BCUT2D eigenvalue weighted by atomic mass is 10.2. The minimum atomic E-state index is -0.350. The summed E-state index contributed by atoms with van der Waals surface area (Å²) in [6, 6.07) is 10.9. The first-order chi connectivity index (χ1) is 9.69. The van der Waals surface area contributed by atoms with Crippen LogP contribution in [0.3, 0.4) is 0 Å². The van der Waals surface area contributed by atoms with Crippen LogP contribution in [0.1, 0.15) is 0 Å². The molecule has 0 atom stereocenters. The number of para-hydroxylation sites is 1. The maximum absolute atomic E-state index is 12.9. The summed E-state index contributed by atoms with van der Waals surface area (Å²) >= 11 is 0. The third-order valence-electron chi connectivity index (χ3n) is 3.05. The molecule has 0 unspecified atom stereocenters. The quantitative estimate of drug-likeness (QED) is 0.779. The Morgan fingerprint density at radius 3 is 2.60 bits per heavy atom. The standard InChI is InChI=1S/C15H11FN2O2/c1-20-12-4-2-3-11-13(12)17-14(18-15(11)19)9-5-7-10(16)8-6-9/h2-8H,1H3,(H,17,18,19). The molecule has 5 heteroatoms. The number of nitrogens with zero attached hydrogens (tertiary/aromatic N) is 1. The van der Waals surface area contributed by atoms with Gasteiger partial charge in [0.05, 0.1) is 18.0 Å². The zero-order chi connectivity index (χ0) is 14.1. The predicted molar refractivity (Wildman–Crippen MR) is 74.3 cm³/mol. The maximum atomic E-state index is 12.9. The molecule has 100 valence electrons. The maximum Gasteiger partial charge on any atom is 0.281 e. The molecule has 0 spiro atoms. The number of halogens is 1. The summed E-state index contributed by atoms with van der Waals surface area (Å²) in [6.07, 6.45) is 0. The van der Waals surface area contributed by atoms with Crippen molar-refractivity contribution in [3.05, 3.63) is 58.6 Å². The predicted octanol–water partition coefficient (Wildman–Crippen LogP) is 2.74. The van der Waals surface area contributed by atoms with Crippen LogP contribution in [0, 0.1) is 5.82 Å². The second-order valence-electron chi connectivity index (χ2n) is 4.28. The largest absolute Gasteiger partial charge is 0.495 e. The van der Waals surface area contributed by atoms with E-state index in [4.69, 9.17) is 4.74 Å². The topological polar surface area (TPSA) is 55.0 Å². The summed E-state index contributed by atoms with van der Waals surface area (Å²) in [5.41, 5.74) is 0.864. The summed E-state index contributed by atoms with van der Waals surface area (Å²) in [6.45, 7) is 0. The lowest BCUT2D eigenvalue weighted by Gasteiger charge is -2.07. The van der Waals surface area contributed by atoms with E-state index in [-0.39, 0.29) is 11.4 Å². The normalized spacial score (nSPS) is 10.7. The number of hydrogen-bond donors (Lipinski definition) is 1. The van der Waals surface area contributed by atoms with Crippen LogP contribution in [-0.2, 0) is 0 Å². The van der Waals surface area contributed by atoms with Gasteiger partial charge in [-0.2, -0.15) is 4.98 Å². The molecule has 0 amide bonds. The number of aromatic amines is 1. The highest BCUT2D eigenvalue weighted by atomic mass is 19.1. The van der Waals surface area contributed by atoms with Crippen LogP contribution in [-0.4, -0.2) is 17.1 Å². The summed E-state index contributed by atoms with van der Waals surface area (Å²) in [7, 11) is 1.53. The van der Waals surface area contributed by atoms with E-state index in [1.54, 1.807) is 30.3 Å². The number of rotatable bonds is 2.